The molecule has 4 nitrogen and oxygen atoms in total. The van der Waals surface area contributed by atoms with Crippen molar-refractivity contribution in [2.24, 2.45) is 0 Å². The molecule has 0 atom stereocenters. The molecular weight excluding hydrogens is 192 g/mol. The molecule has 1 fully saturated rings. The Labute approximate surface area is 89.2 Å². The number of hydrogen-bond donors (Lipinski definition) is 0. The molecule has 2 rings (SSSR count). The SMILES string of the molecule is Cc1oncc1C(=O)N1CCCCCC1. The van der Waals surface area contributed by atoms with Gasteiger partial charge in [-0.1, -0.05) is 18.0 Å². The number of rotatable bonds is 1. The number of carbonyl (C=O) groups is 1. The van der Waals surface area contributed by atoms with Crippen LogP contribution in [0.5, 0.6) is 0 Å². The van der Waals surface area contributed by atoms with Gasteiger partial charge in [0, 0.05) is 13.1 Å². The van der Waals surface area contributed by atoms with Crippen LogP contribution < -0.4 is 0 Å². The zero-order valence-electron chi connectivity index (χ0n) is 9.03. The highest BCUT2D eigenvalue weighted by Crippen LogP contribution is 2.15. The van der Waals surface area contributed by atoms with Crippen LogP contribution in [0.4, 0.5) is 0 Å². The Bertz CT molecular complexity index is 338. The maximum Gasteiger partial charge on any atom is 0.259 e. The van der Waals surface area contributed by atoms with E-state index in [1.165, 1.54) is 19.0 Å². The van der Waals surface area contributed by atoms with E-state index >= 15 is 0 Å². The zero-order chi connectivity index (χ0) is 10.7. The van der Waals surface area contributed by atoms with Crippen LogP contribution in [0, 0.1) is 6.92 Å². The van der Waals surface area contributed by atoms with E-state index in [1.54, 1.807) is 6.92 Å². The second kappa shape index (κ2) is 4.47. The van der Waals surface area contributed by atoms with Crippen molar-refractivity contribution < 1.29 is 9.32 Å². The summed E-state index contributed by atoms with van der Waals surface area (Å²) >= 11 is 0. The fourth-order valence-electron chi connectivity index (χ4n) is 1.95. The van der Waals surface area contributed by atoms with E-state index < -0.39 is 0 Å². The van der Waals surface area contributed by atoms with Crippen molar-refractivity contribution in [3.05, 3.63) is 17.5 Å². The van der Waals surface area contributed by atoms with Crippen molar-refractivity contribution in [2.45, 2.75) is 32.6 Å². The number of amides is 1. The number of likely N-dealkylation sites (tertiary alicyclic amines) is 1. The fraction of sp³-hybridized carbons (Fsp3) is 0.636. The molecular formula is C11H16N2O2. The fourth-order valence-corrected chi connectivity index (χ4v) is 1.95. The molecule has 1 amide bonds. The average molecular weight is 208 g/mol. The van der Waals surface area contributed by atoms with Crippen LogP contribution >= 0.6 is 0 Å². The molecule has 0 saturated carbocycles. The van der Waals surface area contributed by atoms with Crippen molar-refractivity contribution >= 4 is 5.91 Å². The third-order valence-corrected chi connectivity index (χ3v) is 2.87. The van der Waals surface area contributed by atoms with Crippen molar-refractivity contribution in [1.82, 2.24) is 10.1 Å². The largest absolute Gasteiger partial charge is 0.361 e. The predicted molar refractivity (Wildman–Crippen MR) is 55.6 cm³/mol. The summed E-state index contributed by atoms with van der Waals surface area (Å²) in [5, 5.41) is 3.64. The summed E-state index contributed by atoms with van der Waals surface area (Å²) in [6.07, 6.45) is 6.19. The second-order valence-corrected chi connectivity index (χ2v) is 4.00. The predicted octanol–water partition coefficient (Wildman–Crippen LogP) is 2.00. The summed E-state index contributed by atoms with van der Waals surface area (Å²) in [7, 11) is 0. The van der Waals surface area contributed by atoms with Gasteiger partial charge in [-0.15, -0.1) is 0 Å². The molecule has 0 aliphatic carbocycles. The number of carbonyl (C=O) groups excluding carboxylic acids is 1. The minimum Gasteiger partial charge on any atom is -0.361 e. The van der Waals surface area contributed by atoms with Crippen molar-refractivity contribution in [2.75, 3.05) is 13.1 Å². The Hall–Kier alpha value is -1.32. The summed E-state index contributed by atoms with van der Waals surface area (Å²) in [6, 6.07) is 0. The smallest absolute Gasteiger partial charge is 0.259 e. The highest BCUT2D eigenvalue weighted by Gasteiger charge is 2.20. The van der Waals surface area contributed by atoms with Crippen LogP contribution in [0.15, 0.2) is 10.7 Å². The highest BCUT2D eigenvalue weighted by molar-refractivity contribution is 5.94. The maximum absolute atomic E-state index is 12.1. The average Bonchev–Trinajstić information content (AvgIpc) is 2.53. The number of nitrogens with zero attached hydrogens (tertiary/aromatic N) is 2. The molecule has 4 heteroatoms. The summed E-state index contributed by atoms with van der Waals surface area (Å²) in [5.74, 6) is 0.680. The Morgan fingerprint density at radius 1 is 1.33 bits per heavy atom. The van der Waals surface area contributed by atoms with Gasteiger partial charge < -0.3 is 9.42 Å². The topological polar surface area (TPSA) is 46.3 Å². The van der Waals surface area contributed by atoms with Crippen LogP contribution in [0.25, 0.3) is 0 Å². The zero-order valence-corrected chi connectivity index (χ0v) is 9.03. The molecule has 0 unspecified atom stereocenters. The number of hydrogen-bond acceptors (Lipinski definition) is 3. The van der Waals surface area contributed by atoms with Crippen LogP contribution in [0.3, 0.4) is 0 Å². The normalized spacial score (nSPS) is 17.5. The van der Waals surface area contributed by atoms with Crippen LogP contribution in [0.1, 0.15) is 41.8 Å². The Kier molecular flexibility index (Phi) is 3.04. The third-order valence-electron chi connectivity index (χ3n) is 2.87. The summed E-state index contributed by atoms with van der Waals surface area (Å²) in [5.41, 5.74) is 0.608. The summed E-state index contributed by atoms with van der Waals surface area (Å²) in [4.78, 5) is 14.0. The molecule has 1 aromatic heterocycles. The summed E-state index contributed by atoms with van der Waals surface area (Å²) in [6.45, 7) is 3.50. The molecule has 1 aliphatic heterocycles. The van der Waals surface area contributed by atoms with Crippen molar-refractivity contribution in [1.29, 1.82) is 0 Å². The van der Waals surface area contributed by atoms with Gasteiger partial charge >= 0.3 is 0 Å². The molecule has 0 spiro atoms. The van der Waals surface area contributed by atoms with Crippen LogP contribution in [-0.2, 0) is 0 Å². The van der Waals surface area contributed by atoms with Gasteiger partial charge in [-0.2, -0.15) is 0 Å². The molecule has 1 aliphatic rings. The van der Waals surface area contributed by atoms with E-state index in [1.807, 2.05) is 4.90 Å². The molecule has 15 heavy (non-hydrogen) atoms. The van der Waals surface area contributed by atoms with Gasteiger partial charge in [-0.05, 0) is 19.8 Å². The minimum atomic E-state index is 0.0654. The first-order valence-electron chi connectivity index (χ1n) is 5.49. The van der Waals surface area contributed by atoms with Gasteiger partial charge in [0.2, 0.25) is 0 Å². The van der Waals surface area contributed by atoms with Gasteiger partial charge in [0.15, 0.2) is 0 Å². The number of aryl methyl sites for hydroxylation is 1. The lowest BCUT2D eigenvalue weighted by Crippen LogP contribution is -2.31. The molecule has 0 N–H and O–H groups in total. The molecule has 0 radical (unpaired) electrons. The molecule has 0 bridgehead atoms. The minimum absolute atomic E-state index is 0.0654. The molecule has 0 aromatic carbocycles. The second-order valence-electron chi connectivity index (χ2n) is 4.00. The Balaban J connectivity index is 2.09. The van der Waals surface area contributed by atoms with E-state index in [0.29, 0.717) is 11.3 Å². The first-order chi connectivity index (χ1) is 7.29. The van der Waals surface area contributed by atoms with E-state index in [0.717, 1.165) is 25.9 Å². The maximum atomic E-state index is 12.1. The first kappa shape index (κ1) is 10.2. The monoisotopic (exact) mass is 208 g/mol. The van der Waals surface area contributed by atoms with Crippen molar-refractivity contribution in [3.8, 4) is 0 Å². The lowest BCUT2D eigenvalue weighted by molar-refractivity contribution is 0.0760. The Morgan fingerprint density at radius 2 is 2.00 bits per heavy atom. The quantitative estimate of drug-likeness (QED) is 0.709. The summed E-state index contributed by atoms with van der Waals surface area (Å²) < 4.78 is 4.91. The van der Waals surface area contributed by atoms with E-state index in [9.17, 15) is 4.79 Å². The van der Waals surface area contributed by atoms with Gasteiger partial charge in [0.05, 0.1) is 6.20 Å². The lowest BCUT2D eigenvalue weighted by Gasteiger charge is -2.19. The van der Waals surface area contributed by atoms with E-state index in [2.05, 4.69) is 5.16 Å². The number of aromatic nitrogens is 1. The van der Waals surface area contributed by atoms with Crippen LogP contribution in [-0.4, -0.2) is 29.1 Å². The van der Waals surface area contributed by atoms with Gasteiger partial charge in [0.25, 0.3) is 5.91 Å². The lowest BCUT2D eigenvalue weighted by atomic mass is 10.2. The first-order valence-corrected chi connectivity index (χ1v) is 5.49. The molecule has 1 aromatic rings. The standard InChI is InChI=1S/C11H16N2O2/c1-9-10(8-12-15-9)11(14)13-6-4-2-3-5-7-13/h8H,2-7H2,1H3. The molecule has 82 valence electrons. The van der Waals surface area contributed by atoms with Crippen molar-refractivity contribution in [3.63, 3.8) is 0 Å². The molecule has 1 saturated heterocycles. The third kappa shape index (κ3) is 2.19. The Morgan fingerprint density at radius 3 is 2.53 bits per heavy atom. The van der Waals surface area contributed by atoms with E-state index in [-0.39, 0.29) is 5.91 Å². The van der Waals surface area contributed by atoms with Gasteiger partial charge in [-0.3, -0.25) is 4.79 Å². The van der Waals surface area contributed by atoms with Crippen LogP contribution in [0.2, 0.25) is 0 Å². The molecule has 2 heterocycles. The van der Waals surface area contributed by atoms with Gasteiger partial charge in [-0.25, -0.2) is 0 Å². The van der Waals surface area contributed by atoms with Gasteiger partial charge in [0.1, 0.15) is 11.3 Å². The highest BCUT2D eigenvalue weighted by atomic mass is 16.5. The van der Waals surface area contributed by atoms with E-state index in [4.69, 9.17) is 4.52 Å².